The van der Waals surface area contributed by atoms with Crippen LogP contribution in [0.15, 0.2) is 18.2 Å². The molecule has 0 saturated heterocycles. The van der Waals surface area contributed by atoms with Gasteiger partial charge in [-0.05, 0) is 42.5 Å². The van der Waals surface area contributed by atoms with Gasteiger partial charge in [-0.3, -0.25) is 0 Å². The first-order valence-corrected chi connectivity index (χ1v) is 5.32. The van der Waals surface area contributed by atoms with Crippen molar-refractivity contribution in [2.24, 2.45) is 11.5 Å². The fraction of sp³-hybridized carbons (Fsp3) is 0.500. The van der Waals surface area contributed by atoms with E-state index in [4.69, 9.17) is 16.2 Å². The van der Waals surface area contributed by atoms with Gasteiger partial charge in [0.2, 0.25) is 0 Å². The summed E-state index contributed by atoms with van der Waals surface area (Å²) in [6.45, 7) is 0.545. The quantitative estimate of drug-likeness (QED) is 0.753. The lowest BCUT2D eigenvalue weighted by Crippen LogP contribution is -2.51. The van der Waals surface area contributed by atoms with Crippen molar-refractivity contribution in [3.63, 3.8) is 0 Å². The van der Waals surface area contributed by atoms with Gasteiger partial charge in [-0.1, -0.05) is 6.07 Å². The van der Waals surface area contributed by atoms with Crippen LogP contribution >= 0.6 is 0 Å². The maximum absolute atomic E-state index is 6.20. The lowest BCUT2D eigenvalue weighted by atomic mass is 9.78. The second-order valence-corrected chi connectivity index (χ2v) is 4.38. The van der Waals surface area contributed by atoms with E-state index >= 15 is 0 Å². The minimum absolute atomic E-state index is 0.223. The molecule has 0 radical (unpaired) electrons. The van der Waals surface area contributed by atoms with Gasteiger partial charge in [-0.15, -0.1) is 0 Å². The topological polar surface area (TPSA) is 61.3 Å². The Labute approximate surface area is 90.4 Å². The number of fused-ring (bicyclic) bond motifs is 1. The minimum Gasteiger partial charge on any atom is -0.497 e. The van der Waals surface area contributed by atoms with E-state index in [1.54, 1.807) is 7.11 Å². The van der Waals surface area contributed by atoms with E-state index in [0.717, 1.165) is 25.0 Å². The van der Waals surface area contributed by atoms with Crippen molar-refractivity contribution in [3.8, 4) is 5.75 Å². The number of hydrogen-bond donors (Lipinski definition) is 2. The highest BCUT2D eigenvalue weighted by Gasteiger charge is 2.29. The number of benzene rings is 1. The van der Waals surface area contributed by atoms with Crippen LogP contribution in [0.1, 0.15) is 17.5 Å². The SMILES string of the molecule is COc1ccc2c(c1)CC(N)(CN)CC2. The molecule has 0 fully saturated rings. The third kappa shape index (κ3) is 1.98. The summed E-state index contributed by atoms with van der Waals surface area (Å²) in [5, 5.41) is 0. The molecule has 2 rings (SSSR count). The van der Waals surface area contributed by atoms with Gasteiger partial charge < -0.3 is 16.2 Å². The average molecular weight is 206 g/mol. The fourth-order valence-electron chi connectivity index (χ4n) is 2.16. The maximum atomic E-state index is 6.20. The van der Waals surface area contributed by atoms with Gasteiger partial charge in [0.15, 0.2) is 0 Å². The van der Waals surface area contributed by atoms with Gasteiger partial charge in [0.1, 0.15) is 5.75 Å². The lowest BCUT2D eigenvalue weighted by Gasteiger charge is -2.33. The lowest BCUT2D eigenvalue weighted by molar-refractivity contribution is 0.377. The molecule has 3 nitrogen and oxygen atoms in total. The van der Waals surface area contributed by atoms with Gasteiger partial charge in [-0.2, -0.15) is 0 Å². The maximum Gasteiger partial charge on any atom is 0.119 e. The van der Waals surface area contributed by atoms with Gasteiger partial charge in [-0.25, -0.2) is 0 Å². The van der Waals surface area contributed by atoms with E-state index in [1.807, 2.05) is 6.07 Å². The summed E-state index contributed by atoms with van der Waals surface area (Å²) in [5.41, 5.74) is 14.4. The van der Waals surface area contributed by atoms with Crippen molar-refractivity contribution in [3.05, 3.63) is 29.3 Å². The Morgan fingerprint density at radius 3 is 2.87 bits per heavy atom. The van der Waals surface area contributed by atoms with Crippen LogP contribution in [0, 0.1) is 0 Å². The second kappa shape index (κ2) is 3.83. The summed E-state index contributed by atoms with van der Waals surface area (Å²) >= 11 is 0. The summed E-state index contributed by atoms with van der Waals surface area (Å²) in [7, 11) is 1.68. The molecule has 0 amide bonds. The molecule has 1 aromatic rings. The van der Waals surface area contributed by atoms with Gasteiger partial charge in [0, 0.05) is 12.1 Å². The van der Waals surface area contributed by atoms with Crippen molar-refractivity contribution in [2.45, 2.75) is 24.8 Å². The highest BCUT2D eigenvalue weighted by Crippen LogP contribution is 2.29. The van der Waals surface area contributed by atoms with Crippen molar-refractivity contribution in [2.75, 3.05) is 13.7 Å². The molecule has 0 spiro atoms. The van der Waals surface area contributed by atoms with Crippen molar-refractivity contribution in [1.29, 1.82) is 0 Å². The van der Waals surface area contributed by atoms with Crippen LogP contribution in [0.25, 0.3) is 0 Å². The Hall–Kier alpha value is -1.06. The molecule has 0 aromatic heterocycles. The standard InChI is InChI=1S/C12H18N2O/c1-15-11-3-2-9-4-5-12(14,8-13)7-10(9)6-11/h2-3,6H,4-5,7-8,13-14H2,1H3. The average Bonchev–Trinajstić information content (AvgIpc) is 2.28. The number of methoxy groups -OCH3 is 1. The Morgan fingerprint density at radius 1 is 1.40 bits per heavy atom. The second-order valence-electron chi connectivity index (χ2n) is 4.38. The van der Waals surface area contributed by atoms with Crippen LogP contribution in [0.5, 0.6) is 5.75 Å². The van der Waals surface area contributed by atoms with E-state index in [2.05, 4.69) is 12.1 Å². The molecular weight excluding hydrogens is 188 g/mol. The number of rotatable bonds is 2. The van der Waals surface area contributed by atoms with Gasteiger partial charge in [0.25, 0.3) is 0 Å². The summed E-state index contributed by atoms with van der Waals surface area (Å²) in [4.78, 5) is 0. The molecule has 1 aliphatic rings. The molecule has 1 aliphatic carbocycles. The summed E-state index contributed by atoms with van der Waals surface area (Å²) in [6, 6.07) is 6.21. The number of nitrogens with two attached hydrogens (primary N) is 2. The van der Waals surface area contributed by atoms with Gasteiger partial charge >= 0.3 is 0 Å². The molecular formula is C12H18N2O. The first kappa shape index (κ1) is 10.5. The van der Waals surface area contributed by atoms with Crippen molar-refractivity contribution in [1.82, 2.24) is 0 Å². The first-order chi connectivity index (χ1) is 7.17. The molecule has 0 bridgehead atoms. The van der Waals surface area contributed by atoms with Crippen molar-refractivity contribution >= 4 is 0 Å². The highest BCUT2D eigenvalue weighted by atomic mass is 16.5. The van der Waals surface area contributed by atoms with E-state index in [-0.39, 0.29) is 5.54 Å². The van der Waals surface area contributed by atoms with Gasteiger partial charge in [0.05, 0.1) is 7.11 Å². The molecule has 0 heterocycles. The van der Waals surface area contributed by atoms with Crippen LogP contribution in [0.2, 0.25) is 0 Å². The highest BCUT2D eigenvalue weighted by molar-refractivity contribution is 5.39. The summed E-state index contributed by atoms with van der Waals surface area (Å²) < 4.78 is 5.21. The van der Waals surface area contributed by atoms with E-state index in [9.17, 15) is 0 Å². The minimum atomic E-state index is -0.223. The molecule has 0 saturated carbocycles. The summed E-state index contributed by atoms with van der Waals surface area (Å²) in [5.74, 6) is 0.898. The molecule has 1 atom stereocenters. The molecule has 4 N–H and O–H groups in total. The van der Waals surface area contributed by atoms with Crippen LogP contribution in [-0.4, -0.2) is 19.2 Å². The number of aryl methyl sites for hydroxylation is 1. The Balaban J connectivity index is 2.31. The zero-order valence-electron chi connectivity index (χ0n) is 9.12. The number of hydrogen-bond acceptors (Lipinski definition) is 3. The molecule has 0 aliphatic heterocycles. The Bertz CT molecular complexity index is 365. The normalized spacial score (nSPS) is 24.7. The monoisotopic (exact) mass is 206 g/mol. The molecule has 82 valence electrons. The smallest absolute Gasteiger partial charge is 0.119 e. The largest absolute Gasteiger partial charge is 0.497 e. The zero-order chi connectivity index (χ0) is 10.9. The third-order valence-corrected chi connectivity index (χ3v) is 3.25. The molecule has 1 unspecified atom stereocenters. The number of ether oxygens (including phenoxy) is 1. The predicted molar refractivity (Wildman–Crippen MR) is 61.0 cm³/mol. The van der Waals surface area contributed by atoms with E-state index < -0.39 is 0 Å². The Kier molecular flexibility index (Phi) is 2.67. The van der Waals surface area contributed by atoms with Crippen LogP contribution in [0.3, 0.4) is 0 Å². The molecule has 15 heavy (non-hydrogen) atoms. The van der Waals surface area contributed by atoms with E-state index in [1.165, 1.54) is 11.1 Å². The van der Waals surface area contributed by atoms with E-state index in [0.29, 0.717) is 6.54 Å². The first-order valence-electron chi connectivity index (χ1n) is 5.32. The van der Waals surface area contributed by atoms with Crippen LogP contribution in [-0.2, 0) is 12.8 Å². The van der Waals surface area contributed by atoms with Crippen LogP contribution in [0.4, 0.5) is 0 Å². The molecule has 3 heteroatoms. The predicted octanol–water partition coefficient (Wildman–Crippen LogP) is 0.840. The molecule has 1 aromatic carbocycles. The zero-order valence-corrected chi connectivity index (χ0v) is 9.12. The summed E-state index contributed by atoms with van der Waals surface area (Å²) in [6.07, 6.45) is 2.85. The van der Waals surface area contributed by atoms with Crippen molar-refractivity contribution < 1.29 is 4.74 Å². The fourth-order valence-corrected chi connectivity index (χ4v) is 2.16. The van der Waals surface area contributed by atoms with Crippen LogP contribution < -0.4 is 16.2 Å². The Morgan fingerprint density at radius 2 is 2.20 bits per heavy atom. The third-order valence-electron chi connectivity index (χ3n) is 3.25.